The minimum atomic E-state index is -3.56. The molecule has 2 rings (SSSR count). The van der Waals surface area contributed by atoms with E-state index in [0.717, 1.165) is 5.56 Å². The average molecular weight is 452 g/mol. The third-order valence-corrected chi connectivity index (χ3v) is 6.51. The highest BCUT2D eigenvalue weighted by Crippen LogP contribution is 2.22. The number of nitrogens with one attached hydrogen (secondary N) is 1. The van der Waals surface area contributed by atoms with E-state index in [0.29, 0.717) is 5.75 Å². The SMILES string of the molecule is COc1ccc(S(=N)(=O)N(CC(C)O)CC(O)C(Cc2ccccc2)OC(N)=O)cc1. The summed E-state index contributed by atoms with van der Waals surface area (Å²) >= 11 is 0. The van der Waals surface area contributed by atoms with E-state index in [2.05, 4.69) is 0 Å². The molecular formula is C21H29N3O6S. The van der Waals surface area contributed by atoms with Crippen molar-refractivity contribution in [2.24, 2.45) is 5.73 Å². The average Bonchev–Trinajstić information content (AvgIpc) is 2.73. The molecule has 4 atom stereocenters. The third-order valence-electron chi connectivity index (χ3n) is 4.58. The van der Waals surface area contributed by atoms with E-state index >= 15 is 0 Å². The van der Waals surface area contributed by atoms with Crippen molar-refractivity contribution < 1.29 is 28.7 Å². The number of carbonyl (C=O) groups is 1. The van der Waals surface area contributed by atoms with Crippen LogP contribution in [0.15, 0.2) is 59.5 Å². The van der Waals surface area contributed by atoms with E-state index in [9.17, 15) is 19.2 Å². The minimum Gasteiger partial charge on any atom is -0.497 e. The first-order valence-electron chi connectivity index (χ1n) is 9.67. The lowest BCUT2D eigenvalue weighted by Crippen LogP contribution is -2.46. The molecule has 0 aromatic heterocycles. The standard InChI is InChI=1S/C21H29N3O6S/c1-15(25)13-24(31(23,28)18-10-8-17(29-2)9-11-18)14-19(26)20(30-21(22)27)12-16-6-4-3-5-7-16/h3-11,15,19-20,23,25-26H,12-14H2,1-2H3,(H2,22,27). The van der Waals surface area contributed by atoms with Crippen LogP contribution in [0, 0.1) is 4.78 Å². The smallest absolute Gasteiger partial charge is 0.404 e. The molecule has 2 aromatic rings. The Morgan fingerprint density at radius 2 is 1.74 bits per heavy atom. The Morgan fingerprint density at radius 3 is 2.26 bits per heavy atom. The summed E-state index contributed by atoms with van der Waals surface area (Å²) in [4.78, 5) is 11.6. The number of amides is 1. The molecule has 170 valence electrons. The van der Waals surface area contributed by atoms with Crippen LogP contribution in [-0.4, -0.2) is 63.3 Å². The Kier molecular flexibility index (Phi) is 8.81. The lowest BCUT2D eigenvalue weighted by atomic mass is 10.0. The summed E-state index contributed by atoms with van der Waals surface area (Å²) in [6.07, 6.45) is -4.13. The van der Waals surface area contributed by atoms with Gasteiger partial charge in [0.2, 0.25) is 0 Å². The Labute approximate surface area is 182 Å². The monoisotopic (exact) mass is 451 g/mol. The van der Waals surface area contributed by atoms with Crippen LogP contribution in [0.25, 0.3) is 0 Å². The molecule has 0 fully saturated rings. The molecule has 31 heavy (non-hydrogen) atoms. The van der Waals surface area contributed by atoms with Crippen molar-refractivity contribution in [2.75, 3.05) is 20.2 Å². The van der Waals surface area contributed by atoms with E-state index in [1.165, 1.54) is 30.5 Å². The van der Waals surface area contributed by atoms with Gasteiger partial charge in [-0.25, -0.2) is 18.1 Å². The van der Waals surface area contributed by atoms with Crippen LogP contribution >= 0.6 is 0 Å². The fourth-order valence-electron chi connectivity index (χ4n) is 3.07. The highest BCUT2D eigenvalue weighted by atomic mass is 32.2. The zero-order valence-corrected chi connectivity index (χ0v) is 18.3. The number of nitrogens with zero attached hydrogens (tertiary/aromatic N) is 1. The van der Waals surface area contributed by atoms with Crippen LogP contribution in [0.2, 0.25) is 0 Å². The van der Waals surface area contributed by atoms with Gasteiger partial charge in [-0.2, -0.15) is 0 Å². The number of hydrogen-bond donors (Lipinski definition) is 4. The first-order chi connectivity index (χ1) is 14.6. The lowest BCUT2D eigenvalue weighted by Gasteiger charge is -2.31. The Hall–Kier alpha value is -2.66. The molecule has 10 heteroatoms. The van der Waals surface area contributed by atoms with Crippen molar-refractivity contribution in [1.29, 1.82) is 4.78 Å². The molecule has 0 bridgehead atoms. The predicted molar refractivity (Wildman–Crippen MR) is 116 cm³/mol. The molecule has 0 heterocycles. The van der Waals surface area contributed by atoms with E-state index in [-0.39, 0.29) is 24.4 Å². The molecule has 0 aliphatic heterocycles. The van der Waals surface area contributed by atoms with Crippen molar-refractivity contribution in [2.45, 2.75) is 36.6 Å². The second kappa shape index (κ2) is 11.1. The fourth-order valence-corrected chi connectivity index (χ4v) is 4.66. The number of rotatable bonds is 11. The van der Waals surface area contributed by atoms with Crippen LogP contribution in [0.1, 0.15) is 12.5 Å². The normalized spacial score (nSPS) is 16.2. The maximum absolute atomic E-state index is 13.4. The third kappa shape index (κ3) is 7.21. The minimum absolute atomic E-state index is 0.139. The molecule has 0 aliphatic carbocycles. The number of methoxy groups -OCH3 is 1. The molecule has 9 nitrogen and oxygen atoms in total. The number of primary amides is 1. The largest absolute Gasteiger partial charge is 0.497 e. The van der Waals surface area contributed by atoms with Gasteiger partial charge in [0.1, 0.15) is 27.9 Å². The number of nitrogens with two attached hydrogens (primary N) is 1. The highest BCUT2D eigenvalue weighted by molar-refractivity contribution is 7.90. The summed E-state index contributed by atoms with van der Waals surface area (Å²) in [6, 6.07) is 15.2. The molecule has 0 saturated carbocycles. The van der Waals surface area contributed by atoms with Crippen molar-refractivity contribution in [1.82, 2.24) is 4.31 Å². The maximum atomic E-state index is 13.4. The predicted octanol–water partition coefficient (Wildman–Crippen LogP) is 1.77. The number of hydrogen-bond acceptors (Lipinski definition) is 7. The van der Waals surface area contributed by atoms with Crippen LogP contribution in [0.3, 0.4) is 0 Å². The van der Waals surface area contributed by atoms with E-state index < -0.39 is 34.3 Å². The molecule has 2 aromatic carbocycles. The number of aliphatic hydroxyl groups is 2. The summed E-state index contributed by atoms with van der Waals surface area (Å²) in [6.45, 7) is 1.06. The van der Waals surface area contributed by atoms with Gasteiger partial charge in [-0.05, 0) is 36.8 Å². The summed E-state index contributed by atoms with van der Waals surface area (Å²) < 4.78 is 33.2. The summed E-state index contributed by atoms with van der Waals surface area (Å²) in [7, 11) is -2.07. The maximum Gasteiger partial charge on any atom is 0.404 e. The zero-order valence-electron chi connectivity index (χ0n) is 17.5. The van der Waals surface area contributed by atoms with Gasteiger partial charge in [-0.15, -0.1) is 0 Å². The summed E-state index contributed by atoms with van der Waals surface area (Å²) in [5.41, 5.74) is 5.97. The van der Waals surface area contributed by atoms with Crippen LogP contribution in [0.5, 0.6) is 5.75 Å². The van der Waals surface area contributed by atoms with Gasteiger partial charge in [0.25, 0.3) is 0 Å². The quantitative estimate of drug-likeness (QED) is 0.409. The van der Waals surface area contributed by atoms with Gasteiger partial charge in [-0.3, -0.25) is 0 Å². The van der Waals surface area contributed by atoms with Gasteiger partial charge in [0.05, 0.1) is 18.1 Å². The Balaban J connectivity index is 2.27. The van der Waals surface area contributed by atoms with Crippen molar-refractivity contribution in [3.63, 3.8) is 0 Å². The number of aliphatic hydroxyl groups excluding tert-OH is 2. The van der Waals surface area contributed by atoms with Crippen molar-refractivity contribution in [3.8, 4) is 5.75 Å². The molecular weight excluding hydrogens is 422 g/mol. The first kappa shape index (κ1) is 24.6. The topological polar surface area (TPSA) is 146 Å². The van der Waals surface area contributed by atoms with Crippen LogP contribution in [-0.2, 0) is 21.1 Å². The van der Waals surface area contributed by atoms with Gasteiger partial charge in [0, 0.05) is 19.5 Å². The highest BCUT2D eigenvalue weighted by Gasteiger charge is 2.30. The summed E-state index contributed by atoms with van der Waals surface area (Å²) in [5, 5.41) is 20.7. The Bertz CT molecular complexity index is 935. The molecule has 0 aliphatic rings. The Morgan fingerprint density at radius 1 is 1.13 bits per heavy atom. The number of carbonyl (C=O) groups excluding carboxylic acids is 1. The van der Waals surface area contributed by atoms with E-state index in [4.69, 9.17) is 20.0 Å². The van der Waals surface area contributed by atoms with Gasteiger partial charge in [-0.1, -0.05) is 30.3 Å². The molecule has 0 radical (unpaired) electrons. The first-order valence-corrected chi connectivity index (χ1v) is 11.2. The molecule has 0 saturated heterocycles. The van der Waals surface area contributed by atoms with Gasteiger partial charge >= 0.3 is 6.09 Å². The van der Waals surface area contributed by atoms with E-state index in [1.54, 1.807) is 12.1 Å². The molecule has 0 spiro atoms. The fraction of sp³-hybridized carbons (Fsp3) is 0.381. The number of ether oxygens (including phenoxy) is 2. The lowest BCUT2D eigenvalue weighted by molar-refractivity contribution is -0.00372. The zero-order chi connectivity index (χ0) is 23.0. The summed E-state index contributed by atoms with van der Waals surface area (Å²) in [5.74, 6) is 0.541. The second-order valence-electron chi connectivity index (χ2n) is 7.13. The van der Waals surface area contributed by atoms with Crippen molar-refractivity contribution >= 4 is 16.0 Å². The molecule has 5 N–H and O–H groups in total. The van der Waals surface area contributed by atoms with Crippen LogP contribution < -0.4 is 10.5 Å². The second-order valence-corrected chi connectivity index (χ2v) is 9.17. The molecule has 4 unspecified atom stereocenters. The van der Waals surface area contributed by atoms with E-state index in [1.807, 2.05) is 30.3 Å². The molecule has 1 amide bonds. The number of benzene rings is 2. The van der Waals surface area contributed by atoms with Crippen LogP contribution in [0.4, 0.5) is 4.79 Å². The van der Waals surface area contributed by atoms with Crippen molar-refractivity contribution in [3.05, 3.63) is 60.2 Å². The van der Waals surface area contributed by atoms with Gasteiger partial charge < -0.3 is 25.4 Å². The van der Waals surface area contributed by atoms with Gasteiger partial charge in [0.15, 0.2) is 0 Å².